The van der Waals surface area contributed by atoms with Gasteiger partial charge in [0.05, 0.1) is 17.0 Å². The number of carbonyl (C=O) groups is 1. The van der Waals surface area contributed by atoms with Gasteiger partial charge in [0.15, 0.2) is 0 Å². The predicted molar refractivity (Wildman–Crippen MR) is 138 cm³/mol. The number of fused-ring (bicyclic) bond motifs is 1. The number of nitrogens with zero attached hydrogens (tertiary/aromatic N) is 2. The van der Waals surface area contributed by atoms with Crippen molar-refractivity contribution in [3.63, 3.8) is 0 Å². The number of rotatable bonds is 9. The third-order valence-corrected chi connectivity index (χ3v) is 6.74. The van der Waals surface area contributed by atoms with Crippen molar-refractivity contribution in [1.29, 1.82) is 0 Å². The third-order valence-electron chi connectivity index (χ3n) is 5.78. The minimum absolute atomic E-state index is 0.123. The van der Waals surface area contributed by atoms with E-state index in [1.165, 1.54) is 0 Å². The molecule has 0 spiro atoms. The highest BCUT2D eigenvalue weighted by Gasteiger charge is 2.21. The van der Waals surface area contributed by atoms with Crippen molar-refractivity contribution in [2.45, 2.75) is 26.2 Å². The van der Waals surface area contributed by atoms with Crippen molar-refractivity contribution in [3.8, 4) is 22.4 Å². The molecule has 35 heavy (non-hydrogen) atoms. The van der Waals surface area contributed by atoms with Crippen LogP contribution in [0.2, 0.25) is 5.02 Å². The first kappa shape index (κ1) is 24.9. The van der Waals surface area contributed by atoms with Gasteiger partial charge in [-0.05, 0) is 48.2 Å². The first-order valence-electron chi connectivity index (χ1n) is 11.3. The highest BCUT2D eigenvalue weighted by molar-refractivity contribution is 7.85. The minimum Gasteiger partial charge on any atom is -0.355 e. The summed E-state index contributed by atoms with van der Waals surface area (Å²) in [6, 6.07) is 21.5. The molecule has 9 heteroatoms. The lowest BCUT2D eigenvalue weighted by Gasteiger charge is -2.18. The molecule has 2 heterocycles. The zero-order valence-corrected chi connectivity index (χ0v) is 20.8. The lowest BCUT2D eigenvalue weighted by atomic mass is 9.92. The van der Waals surface area contributed by atoms with Gasteiger partial charge in [0.1, 0.15) is 0 Å². The monoisotopic (exact) mass is 511 g/mol. The van der Waals surface area contributed by atoms with E-state index >= 15 is 0 Å². The summed E-state index contributed by atoms with van der Waals surface area (Å²) < 4.78 is 32.8. The normalized spacial score (nSPS) is 11.6. The molecule has 2 N–H and O–H groups in total. The van der Waals surface area contributed by atoms with E-state index in [0.717, 1.165) is 45.6 Å². The maximum absolute atomic E-state index is 12.5. The van der Waals surface area contributed by atoms with Gasteiger partial charge in [0, 0.05) is 34.8 Å². The Kier molecular flexibility index (Phi) is 7.54. The van der Waals surface area contributed by atoms with Gasteiger partial charge in [-0.25, -0.2) is 4.52 Å². The quantitative estimate of drug-likeness (QED) is 0.314. The number of aryl methyl sites for hydroxylation is 1. The van der Waals surface area contributed by atoms with E-state index in [-0.39, 0.29) is 18.9 Å². The van der Waals surface area contributed by atoms with E-state index in [9.17, 15) is 13.2 Å². The zero-order chi connectivity index (χ0) is 25.0. The van der Waals surface area contributed by atoms with Gasteiger partial charge in [-0.3, -0.25) is 9.35 Å². The number of halogens is 1. The van der Waals surface area contributed by atoms with Crippen LogP contribution in [0.4, 0.5) is 0 Å². The molecule has 0 aliphatic rings. The number of aromatic nitrogens is 2. The Morgan fingerprint density at radius 3 is 2.49 bits per heavy atom. The lowest BCUT2D eigenvalue weighted by molar-refractivity contribution is -0.120. The molecule has 0 aliphatic heterocycles. The second-order valence-electron chi connectivity index (χ2n) is 8.19. The molecular weight excluding hydrogens is 486 g/mol. The fourth-order valence-electron chi connectivity index (χ4n) is 4.16. The number of hydrogen-bond donors (Lipinski definition) is 2. The highest BCUT2D eigenvalue weighted by atomic mass is 35.5. The molecule has 2 aromatic carbocycles. The zero-order valence-electron chi connectivity index (χ0n) is 19.2. The fourth-order valence-corrected chi connectivity index (χ4v) is 4.71. The summed E-state index contributed by atoms with van der Waals surface area (Å²) in [5.41, 5.74) is 6.45. The smallest absolute Gasteiger partial charge is 0.266 e. The number of carbonyl (C=O) groups excluding carboxylic acids is 1. The van der Waals surface area contributed by atoms with Gasteiger partial charge in [0.2, 0.25) is 5.91 Å². The highest BCUT2D eigenvalue weighted by Crippen LogP contribution is 2.37. The van der Waals surface area contributed by atoms with Crippen molar-refractivity contribution in [1.82, 2.24) is 14.9 Å². The van der Waals surface area contributed by atoms with Gasteiger partial charge in [0.25, 0.3) is 10.1 Å². The number of hydrogen-bond acceptors (Lipinski definition) is 4. The fraction of sp³-hybridized carbons (Fsp3) is 0.231. The van der Waals surface area contributed by atoms with Crippen molar-refractivity contribution < 1.29 is 17.8 Å². The molecule has 2 aromatic heterocycles. The molecule has 0 aliphatic carbocycles. The van der Waals surface area contributed by atoms with E-state index < -0.39 is 15.9 Å². The number of benzene rings is 2. The molecule has 0 bridgehead atoms. The van der Waals surface area contributed by atoms with Crippen molar-refractivity contribution in [2.75, 3.05) is 12.3 Å². The van der Waals surface area contributed by atoms with E-state index in [2.05, 4.69) is 18.3 Å². The second-order valence-corrected chi connectivity index (χ2v) is 10.2. The van der Waals surface area contributed by atoms with Gasteiger partial charge in [-0.15, -0.1) is 0 Å². The second kappa shape index (κ2) is 10.6. The lowest BCUT2D eigenvalue weighted by Crippen LogP contribution is -2.29. The molecule has 0 atom stereocenters. The summed E-state index contributed by atoms with van der Waals surface area (Å²) in [6.45, 7) is 1.93. The predicted octanol–water partition coefficient (Wildman–Crippen LogP) is 4.82. The number of amides is 1. The maximum atomic E-state index is 12.5. The van der Waals surface area contributed by atoms with Crippen LogP contribution >= 0.6 is 11.6 Å². The van der Waals surface area contributed by atoms with Crippen LogP contribution in [0.5, 0.6) is 0 Å². The van der Waals surface area contributed by atoms with E-state index in [0.29, 0.717) is 11.4 Å². The standard InChI is InChI=1S/C26H26ClN3O4S/c1-2-21-11-13-23-25(19-9-6-10-20(27)17-19)22(12-14-24(31)28-15-16-35(32,33)34)26(29-30(21)23)18-7-4-3-5-8-18/h3-11,13,17H,2,12,14-16H2,1H3,(H,28,31)(H,32,33,34). The van der Waals surface area contributed by atoms with Gasteiger partial charge in [-0.1, -0.05) is 61.0 Å². The van der Waals surface area contributed by atoms with Crippen LogP contribution in [0, 0.1) is 0 Å². The van der Waals surface area contributed by atoms with E-state index in [4.69, 9.17) is 21.3 Å². The first-order chi connectivity index (χ1) is 16.8. The van der Waals surface area contributed by atoms with Crippen LogP contribution in [0.3, 0.4) is 0 Å². The largest absolute Gasteiger partial charge is 0.355 e. The summed E-state index contributed by atoms with van der Waals surface area (Å²) in [5, 5.41) is 8.17. The average Bonchev–Trinajstić information content (AvgIpc) is 3.24. The summed E-state index contributed by atoms with van der Waals surface area (Å²) in [5.74, 6) is -0.839. The Hall–Kier alpha value is -3.20. The van der Waals surface area contributed by atoms with Crippen molar-refractivity contribution in [3.05, 3.63) is 83.0 Å². The van der Waals surface area contributed by atoms with Crippen LogP contribution in [-0.2, 0) is 27.8 Å². The summed E-state index contributed by atoms with van der Waals surface area (Å²) >= 11 is 6.35. The molecule has 0 unspecified atom stereocenters. The Morgan fingerprint density at radius 1 is 1.06 bits per heavy atom. The van der Waals surface area contributed by atoms with Gasteiger partial charge < -0.3 is 5.32 Å². The van der Waals surface area contributed by atoms with Crippen LogP contribution in [0.1, 0.15) is 24.6 Å². The van der Waals surface area contributed by atoms with Crippen molar-refractivity contribution in [2.24, 2.45) is 0 Å². The van der Waals surface area contributed by atoms with Gasteiger partial charge >= 0.3 is 0 Å². The molecule has 0 saturated heterocycles. The Labute approximate surface area is 209 Å². The maximum Gasteiger partial charge on any atom is 0.266 e. The summed E-state index contributed by atoms with van der Waals surface area (Å²) in [7, 11) is -4.14. The molecule has 1 amide bonds. The molecule has 182 valence electrons. The average molecular weight is 512 g/mol. The molecule has 4 rings (SSSR count). The van der Waals surface area contributed by atoms with Crippen LogP contribution in [0.25, 0.3) is 27.9 Å². The third kappa shape index (κ3) is 5.90. The van der Waals surface area contributed by atoms with Gasteiger partial charge in [-0.2, -0.15) is 13.5 Å². The molecule has 0 radical (unpaired) electrons. The molecule has 0 fully saturated rings. The summed E-state index contributed by atoms with van der Waals surface area (Å²) in [4.78, 5) is 12.5. The molecule has 4 aromatic rings. The van der Waals surface area contributed by atoms with Crippen LogP contribution in [0.15, 0.2) is 66.7 Å². The van der Waals surface area contributed by atoms with Crippen LogP contribution < -0.4 is 5.32 Å². The molecule has 7 nitrogen and oxygen atoms in total. The van der Waals surface area contributed by atoms with E-state index in [1.54, 1.807) is 0 Å². The molecule has 0 saturated carbocycles. The van der Waals surface area contributed by atoms with Crippen LogP contribution in [-0.4, -0.2) is 40.8 Å². The number of nitrogens with one attached hydrogen (secondary N) is 1. The first-order valence-corrected chi connectivity index (χ1v) is 13.3. The summed E-state index contributed by atoms with van der Waals surface area (Å²) in [6.07, 6.45) is 1.30. The Bertz CT molecular complexity index is 1470. The minimum atomic E-state index is -4.14. The van der Waals surface area contributed by atoms with Crippen molar-refractivity contribution >= 4 is 33.1 Å². The Balaban J connectivity index is 1.83. The van der Waals surface area contributed by atoms with E-state index in [1.807, 2.05) is 65.2 Å². The topological polar surface area (TPSA) is 101 Å². The molecular formula is C26H26ClN3O4S. The Morgan fingerprint density at radius 2 is 1.80 bits per heavy atom. The SMILES string of the molecule is CCc1ccc2c(-c3cccc(Cl)c3)c(CCC(=O)NCCS(=O)(=O)O)c(-c3ccccc3)nn12.